The number of H-pyrrole nitrogens is 1. The largest absolute Gasteiger partial charge is 0.368 e. The standard InChI is InChI=1S/C16H15N5O/c17-16-19-8-12-4-6-21(9-14(12)20-16)15(22)11-1-2-13-10(7-11)3-5-18-13/h1-3,5,7-8,18H,4,6,9H2,(H2,17,19,20). The number of amides is 1. The average molecular weight is 293 g/mol. The molecule has 1 amide bonds. The lowest BCUT2D eigenvalue weighted by molar-refractivity contribution is 0.0732. The Balaban J connectivity index is 1.63. The van der Waals surface area contributed by atoms with Gasteiger partial charge in [0.05, 0.1) is 12.2 Å². The van der Waals surface area contributed by atoms with Crippen LogP contribution in [0.15, 0.2) is 36.7 Å². The van der Waals surface area contributed by atoms with E-state index in [0.29, 0.717) is 18.7 Å². The summed E-state index contributed by atoms with van der Waals surface area (Å²) < 4.78 is 0. The summed E-state index contributed by atoms with van der Waals surface area (Å²) in [6, 6.07) is 7.66. The summed E-state index contributed by atoms with van der Waals surface area (Å²) in [7, 11) is 0. The third-order valence-electron chi connectivity index (χ3n) is 4.05. The fourth-order valence-corrected chi connectivity index (χ4v) is 2.86. The van der Waals surface area contributed by atoms with Crippen LogP contribution in [0, 0.1) is 0 Å². The lowest BCUT2D eigenvalue weighted by atomic mass is 10.1. The molecule has 22 heavy (non-hydrogen) atoms. The highest BCUT2D eigenvalue weighted by atomic mass is 16.2. The summed E-state index contributed by atoms with van der Waals surface area (Å²) in [6.45, 7) is 1.15. The molecule has 0 radical (unpaired) electrons. The topological polar surface area (TPSA) is 87.9 Å². The van der Waals surface area contributed by atoms with E-state index in [1.165, 1.54) is 0 Å². The van der Waals surface area contributed by atoms with Crippen LogP contribution in [-0.2, 0) is 13.0 Å². The zero-order chi connectivity index (χ0) is 15.1. The quantitative estimate of drug-likeness (QED) is 0.715. The minimum atomic E-state index is 0.0194. The first-order valence-electron chi connectivity index (χ1n) is 7.17. The van der Waals surface area contributed by atoms with Crippen LogP contribution in [0.1, 0.15) is 21.6 Å². The Labute approximate surface area is 127 Å². The van der Waals surface area contributed by atoms with Gasteiger partial charge in [-0.3, -0.25) is 4.79 Å². The predicted molar refractivity (Wildman–Crippen MR) is 83.2 cm³/mol. The van der Waals surface area contributed by atoms with Crippen LogP contribution in [0.25, 0.3) is 10.9 Å². The van der Waals surface area contributed by atoms with Gasteiger partial charge in [0.1, 0.15) is 0 Å². The summed E-state index contributed by atoms with van der Waals surface area (Å²) in [4.78, 5) is 25.9. The molecule has 0 atom stereocenters. The highest BCUT2D eigenvalue weighted by Gasteiger charge is 2.23. The number of nitrogens with two attached hydrogens (primary N) is 1. The van der Waals surface area contributed by atoms with Gasteiger partial charge in [0, 0.05) is 35.4 Å². The lowest BCUT2D eigenvalue weighted by Gasteiger charge is -2.28. The van der Waals surface area contributed by atoms with Gasteiger partial charge in [-0.15, -0.1) is 0 Å². The van der Waals surface area contributed by atoms with Crippen LogP contribution in [0.3, 0.4) is 0 Å². The normalized spacial score (nSPS) is 14.1. The van der Waals surface area contributed by atoms with Gasteiger partial charge in [-0.05, 0) is 36.2 Å². The minimum absolute atomic E-state index is 0.0194. The zero-order valence-corrected chi connectivity index (χ0v) is 11.9. The molecular weight excluding hydrogens is 278 g/mol. The summed E-state index contributed by atoms with van der Waals surface area (Å²) >= 11 is 0. The Kier molecular flexibility index (Phi) is 2.82. The summed E-state index contributed by atoms with van der Waals surface area (Å²) in [5.74, 6) is 0.271. The lowest BCUT2D eigenvalue weighted by Crippen LogP contribution is -2.36. The highest BCUT2D eigenvalue weighted by Crippen LogP contribution is 2.21. The first-order chi connectivity index (χ1) is 10.7. The molecular formula is C16H15N5O. The number of hydrogen-bond acceptors (Lipinski definition) is 4. The maximum Gasteiger partial charge on any atom is 0.254 e. The number of carbonyl (C=O) groups is 1. The van der Waals surface area contributed by atoms with E-state index in [-0.39, 0.29) is 11.9 Å². The van der Waals surface area contributed by atoms with Gasteiger partial charge in [-0.1, -0.05) is 0 Å². The van der Waals surface area contributed by atoms with Gasteiger partial charge in [0.15, 0.2) is 0 Å². The molecule has 6 nitrogen and oxygen atoms in total. The van der Waals surface area contributed by atoms with Gasteiger partial charge in [-0.25, -0.2) is 9.97 Å². The van der Waals surface area contributed by atoms with Crippen LogP contribution in [0.4, 0.5) is 5.95 Å². The van der Waals surface area contributed by atoms with E-state index in [0.717, 1.165) is 28.6 Å². The van der Waals surface area contributed by atoms with Crippen molar-refractivity contribution in [1.82, 2.24) is 19.9 Å². The third kappa shape index (κ3) is 2.09. The summed E-state index contributed by atoms with van der Waals surface area (Å²) in [5, 5.41) is 1.04. The number of hydrogen-bond donors (Lipinski definition) is 2. The van der Waals surface area contributed by atoms with Crippen molar-refractivity contribution in [3.05, 3.63) is 53.5 Å². The SMILES string of the molecule is Nc1ncc2c(n1)CN(C(=O)c1ccc3[nH]ccc3c1)CC2. The molecule has 0 spiro atoms. The molecule has 3 aromatic rings. The van der Waals surface area contributed by atoms with E-state index in [4.69, 9.17) is 5.73 Å². The molecule has 3 N–H and O–H groups in total. The van der Waals surface area contributed by atoms with Crippen LogP contribution in [0.5, 0.6) is 0 Å². The van der Waals surface area contributed by atoms with Crippen molar-refractivity contribution in [2.45, 2.75) is 13.0 Å². The highest BCUT2D eigenvalue weighted by molar-refractivity contribution is 5.98. The van der Waals surface area contributed by atoms with Gasteiger partial charge in [0.2, 0.25) is 5.95 Å². The molecule has 110 valence electrons. The van der Waals surface area contributed by atoms with Crippen LogP contribution >= 0.6 is 0 Å². The number of nitrogens with one attached hydrogen (secondary N) is 1. The Morgan fingerprint density at radius 2 is 2.23 bits per heavy atom. The van der Waals surface area contributed by atoms with E-state index in [1.807, 2.05) is 35.4 Å². The minimum Gasteiger partial charge on any atom is -0.368 e. The molecule has 0 saturated carbocycles. The molecule has 0 aliphatic carbocycles. The molecule has 1 aliphatic heterocycles. The fourth-order valence-electron chi connectivity index (χ4n) is 2.86. The number of fused-ring (bicyclic) bond motifs is 2. The van der Waals surface area contributed by atoms with Crippen LogP contribution in [0.2, 0.25) is 0 Å². The monoisotopic (exact) mass is 293 g/mol. The molecule has 4 rings (SSSR count). The van der Waals surface area contributed by atoms with E-state index in [1.54, 1.807) is 6.20 Å². The number of carbonyl (C=O) groups excluding carboxylic acids is 1. The maximum absolute atomic E-state index is 12.7. The second-order valence-electron chi connectivity index (χ2n) is 5.46. The Hall–Kier alpha value is -2.89. The molecule has 3 heterocycles. The van der Waals surface area contributed by atoms with Gasteiger partial charge < -0.3 is 15.6 Å². The predicted octanol–water partition coefficient (Wildman–Crippen LogP) is 1.74. The number of aromatic nitrogens is 3. The van der Waals surface area contributed by atoms with Crippen molar-refractivity contribution < 1.29 is 4.79 Å². The number of anilines is 1. The van der Waals surface area contributed by atoms with Gasteiger partial charge in [-0.2, -0.15) is 0 Å². The Morgan fingerprint density at radius 3 is 3.14 bits per heavy atom. The number of benzene rings is 1. The third-order valence-corrected chi connectivity index (χ3v) is 4.05. The van der Waals surface area contributed by atoms with Crippen LogP contribution < -0.4 is 5.73 Å². The fraction of sp³-hybridized carbons (Fsp3) is 0.188. The van der Waals surface area contributed by atoms with Crippen molar-refractivity contribution in [3.63, 3.8) is 0 Å². The van der Waals surface area contributed by atoms with E-state index in [2.05, 4.69) is 15.0 Å². The average Bonchev–Trinajstić information content (AvgIpc) is 3.01. The Bertz CT molecular complexity index is 870. The Morgan fingerprint density at radius 1 is 1.32 bits per heavy atom. The number of nitrogen functional groups attached to an aromatic ring is 1. The van der Waals surface area contributed by atoms with E-state index < -0.39 is 0 Å². The number of rotatable bonds is 1. The summed E-state index contributed by atoms with van der Waals surface area (Å²) in [6.07, 6.45) is 4.38. The molecule has 1 aromatic carbocycles. The molecule has 2 aromatic heterocycles. The summed E-state index contributed by atoms with van der Waals surface area (Å²) in [5.41, 5.74) is 9.27. The van der Waals surface area contributed by atoms with Crippen LogP contribution in [-0.4, -0.2) is 32.3 Å². The molecule has 0 bridgehead atoms. The zero-order valence-electron chi connectivity index (χ0n) is 11.9. The van der Waals surface area contributed by atoms with Crippen molar-refractivity contribution in [3.8, 4) is 0 Å². The second kappa shape index (κ2) is 4.84. The number of nitrogens with zero attached hydrogens (tertiary/aromatic N) is 3. The van der Waals surface area contributed by atoms with E-state index >= 15 is 0 Å². The second-order valence-corrected chi connectivity index (χ2v) is 5.46. The van der Waals surface area contributed by atoms with Crippen molar-refractivity contribution >= 4 is 22.8 Å². The maximum atomic E-state index is 12.7. The van der Waals surface area contributed by atoms with Gasteiger partial charge in [0.25, 0.3) is 5.91 Å². The van der Waals surface area contributed by atoms with E-state index in [9.17, 15) is 4.79 Å². The molecule has 6 heteroatoms. The molecule has 0 unspecified atom stereocenters. The van der Waals surface area contributed by atoms with Crippen molar-refractivity contribution in [1.29, 1.82) is 0 Å². The van der Waals surface area contributed by atoms with Crippen molar-refractivity contribution in [2.24, 2.45) is 0 Å². The van der Waals surface area contributed by atoms with Crippen molar-refractivity contribution in [2.75, 3.05) is 12.3 Å². The first kappa shape index (κ1) is 12.8. The smallest absolute Gasteiger partial charge is 0.254 e. The first-order valence-corrected chi connectivity index (χ1v) is 7.17. The molecule has 0 saturated heterocycles. The number of aromatic amines is 1. The van der Waals surface area contributed by atoms with Gasteiger partial charge >= 0.3 is 0 Å². The molecule has 1 aliphatic rings. The molecule has 0 fully saturated rings.